The first kappa shape index (κ1) is 19.7. The number of imidazole rings is 1. The molecule has 3 atom stereocenters. The zero-order valence-corrected chi connectivity index (χ0v) is 17.5. The fourth-order valence-electron chi connectivity index (χ4n) is 4.75. The van der Waals surface area contributed by atoms with Crippen molar-refractivity contribution in [3.05, 3.63) is 71.2 Å². The zero-order valence-electron chi connectivity index (χ0n) is 17.5. The summed E-state index contributed by atoms with van der Waals surface area (Å²) in [4.78, 5) is 19.3. The summed E-state index contributed by atoms with van der Waals surface area (Å²) in [5.41, 5.74) is 4.04. The quantitative estimate of drug-likeness (QED) is 0.670. The van der Waals surface area contributed by atoms with Crippen molar-refractivity contribution in [2.24, 2.45) is 0 Å². The summed E-state index contributed by atoms with van der Waals surface area (Å²) in [5.74, 6) is -0.406. The van der Waals surface area contributed by atoms with Crippen LogP contribution in [-0.4, -0.2) is 50.0 Å². The first-order chi connectivity index (χ1) is 15.0. The van der Waals surface area contributed by atoms with Crippen LogP contribution < -0.4 is 5.32 Å². The number of piperidine rings is 1. The van der Waals surface area contributed by atoms with Gasteiger partial charge in [0.25, 0.3) is 5.91 Å². The van der Waals surface area contributed by atoms with Gasteiger partial charge in [-0.2, -0.15) is 5.26 Å². The number of aliphatic hydroxyl groups is 1. The summed E-state index contributed by atoms with van der Waals surface area (Å²) in [7, 11) is 0. The Kier molecular flexibility index (Phi) is 4.77. The van der Waals surface area contributed by atoms with Crippen molar-refractivity contribution in [3.8, 4) is 6.07 Å². The molecular formula is C24H25N5O2. The van der Waals surface area contributed by atoms with Crippen molar-refractivity contribution in [3.63, 3.8) is 0 Å². The summed E-state index contributed by atoms with van der Waals surface area (Å²) in [6, 6.07) is 14.2. The van der Waals surface area contributed by atoms with Crippen LogP contribution in [0.5, 0.6) is 0 Å². The van der Waals surface area contributed by atoms with Crippen molar-refractivity contribution >= 4 is 11.6 Å². The average molecular weight is 415 g/mol. The van der Waals surface area contributed by atoms with Gasteiger partial charge in [-0.3, -0.25) is 4.79 Å². The number of aliphatic hydroxyl groups excluding tert-OH is 1. The normalized spacial score (nSPS) is 24.0. The molecule has 1 spiro atoms. The van der Waals surface area contributed by atoms with E-state index in [1.165, 1.54) is 11.1 Å². The molecule has 1 amide bonds. The SMILES string of the molecule is CC(C#N)c1ccc2nc(C(=O)N3CC[C@]4(Cc5ccccc5CN4)[C@H](O)C3)cn2c1. The number of nitrogens with zero attached hydrogens (tertiary/aromatic N) is 4. The average Bonchev–Trinajstić information content (AvgIpc) is 3.23. The van der Waals surface area contributed by atoms with E-state index in [4.69, 9.17) is 5.26 Å². The van der Waals surface area contributed by atoms with E-state index in [0.29, 0.717) is 24.3 Å². The number of nitrogens with one attached hydrogen (secondary N) is 1. The highest BCUT2D eigenvalue weighted by Crippen LogP contribution is 2.32. The Morgan fingerprint density at radius 2 is 2.10 bits per heavy atom. The van der Waals surface area contributed by atoms with E-state index in [1.807, 2.05) is 37.4 Å². The summed E-state index contributed by atoms with van der Waals surface area (Å²) in [6.07, 6.45) is 4.35. The Bertz CT molecular complexity index is 1200. The molecule has 3 aromatic rings. The van der Waals surface area contributed by atoms with Crippen molar-refractivity contribution in [1.82, 2.24) is 19.6 Å². The fraction of sp³-hybridized carbons (Fsp3) is 0.375. The molecule has 0 bridgehead atoms. The minimum Gasteiger partial charge on any atom is -0.389 e. The maximum Gasteiger partial charge on any atom is 0.274 e. The molecule has 31 heavy (non-hydrogen) atoms. The number of likely N-dealkylation sites (tertiary alicyclic amines) is 1. The van der Waals surface area contributed by atoms with Gasteiger partial charge in [-0.1, -0.05) is 30.3 Å². The molecule has 158 valence electrons. The molecule has 2 aromatic heterocycles. The van der Waals surface area contributed by atoms with E-state index in [1.54, 1.807) is 15.5 Å². The molecule has 1 unspecified atom stereocenters. The second-order valence-electron chi connectivity index (χ2n) is 8.68. The van der Waals surface area contributed by atoms with E-state index in [9.17, 15) is 9.90 Å². The number of rotatable bonds is 2. The van der Waals surface area contributed by atoms with E-state index >= 15 is 0 Å². The number of benzene rings is 1. The van der Waals surface area contributed by atoms with Crippen LogP contribution >= 0.6 is 0 Å². The lowest BCUT2D eigenvalue weighted by Crippen LogP contribution is -2.65. The second-order valence-corrected chi connectivity index (χ2v) is 8.68. The number of nitriles is 1. The highest BCUT2D eigenvalue weighted by molar-refractivity contribution is 5.93. The number of hydrogen-bond acceptors (Lipinski definition) is 5. The number of β-amino-alcohol motifs (C(OH)–C–C–N with tert-alkyl or cyclic N) is 1. The van der Waals surface area contributed by atoms with Crippen LogP contribution in [0.4, 0.5) is 0 Å². The van der Waals surface area contributed by atoms with Crippen LogP contribution in [0.2, 0.25) is 0 Å². The molecule has 4 heterocycles. The standard InChI is InChI=1S/C24H25N5O2/c1-16(11-25)19-6-7-22-27-20(14-29(22)13-19)23(31)28-9-8-24(21(30)15-28)10-17-4-2-3-5-18(17)12-26-24/h2-7,13-14,16,21,26,30H,8-10,12,15H2,1H3/t16?,21-,24+/m1/s1. The molecular weight excluding hydrogens is 390 g/mol. The second kappa shape index (κ2) is 7.49. The van der Waals surface area contributed by atoms with E-state index in [2.05, 4.69) is 28.5 Å². The van der Waals surface area contributed by atoms with Crippen LogP contribution in [0.25, 0.3) is 5.65 Å². The number of hydrogen-bond donors (Lipinski definition) is 2. The Morgan fingerprint density at radius 1 is 1.29 bits per heavy atom. The van der Waals surface area contributed by atoms with Gasteiger partial charge in [-0.15, -0.1) is 0 Å². The molecule has 0 aliphatic carbocycles. The van der Waals surface area contributed by atoms with Crippen molar-refractivity contribution < 1.29 is 9.90 Å². The lowest BCUT2D eigenvalue weighted by molar-refractivity contribution is -0.0140. The van der Waals surface area contributed by atoms with Gasteiger partial charge in [-0.25, -0.2) is 4.98 Å². The molecule has 2 aliphatic rings. The summed E-state index contributed by atoms with van der Waals surface area (Å²) < 4.78 is 1.79. The van der Waals surface area contributed by atoms with E-state index in [-0.39, 0.29) is 18.4 Å². The van der Waals surface area contributed by atoms with Crippen molar-refractivity contribution in [2.45, 2.75) is 43.9 Å². The Morgan fingerprint density at radius 3 is 2.87 bits per heavy atom. The van der Waals surface area contributed by atoms with Gasteiger partial charge in [0, 0.05) is 32.0 Å². The highest BCUT2D eigenvalue weighted by Gasteiger charge is 2.45. The molecule has 0 saturated carbocycles. The predicted octanol–water partition coefficient (Wildman–Crippen LogP) is 2.25. The van der Waals surface area contributed by atoms with E-state index < -0.39 is 11.6 Å². The van der Waals surface area contributed by atoms with Gasteiger partial charge < -0.3 is 19.7 Å². The highest BCUT2D eigenvalue weighted by atomic mass is 16.3. The minimum absolute atomic E-state index is 0.177. The molecule has 2 aliphatic heterocycles. The fourth-order valence-corrected chi connectivity index (χ4v) is 4.75. The number of carbonyl (C=O) groups excluding carboxylic acids is 1. The maximum absolute atomic E-state index is 13.1. The van der Waals surface area contributed by atoms with Gasteiger partial charge in [0.15, 0.2) is 0 Å². The van der Waals surface area contributed by atoms with Crippen LogP contribution in [0.15, 0.2) is 48.8 Å². The van der Waals surface area contributed by atoms with Crippen molar-refractivity contribution in [2.75, 3.05) is 13.1 Å². The molecule has 0 radical (unpaired) electrons. The molecule has 7 heteroatoms. The third kappa shape index (κ3) is 3.38. The Labute approximate surface area is 180 Å². The molecule has 1 aromatic carbocycles. The van der Waals surface area contributed by atoms with Gasteiger partial charge in [0.05, 0.1) is 23.6 Å². The van der Waals surface area contributed by atoms with Crippen molar-refractivity contribution in [1.29, 1.82) is 5.26 Å². The molecule has 5 rings (SSSR count). The first-order valence-electron chi connectivity index (χ1n) is 10.7. The van der Waals surface area contributed by atoms with E-state index in [0.717, 1.165) is 18.5 Å². The van der Waals surface area contributed by atoms with Gasteiger partial charge in [-0.05, 0) is 42.5 Å². The minimum atomic E-state index is -0.654. The third-order valence-corrected chi connectivity index (χ3v) is 6.79. The first-order valence-corrected chi connectivity index (χ1v) is 10.7. The molecule has 7 nitrogen and oxygen atoms in total. The number of carbonyl (C=O) groups is 1. The number of amides is 1. The maximum atomic E-state index is 13.1. The van der Waals surface area contributed by atoms with Crippen LogP contribution in [0.3, 0.4) is 0 Å². The largest absolute Gasteiger partial charge is 0.389 e. The van der Waals surface area contributed by atoms with Gasteiger partial charge in [0.1, 0.15) is 11.3 Å². The Hall–Kier alpha value is -3.21. The third-order valence-electron chi connectivity index (χ3n) is 6.79. The summed E-state index contributed by atoms with van der Waals surface area (Å²) in [6.45, 7) is 3.41. The van der Waals surface area contributed by atoms with Gasteiger partial charge in [0.2, 0.25) is 0 Å². The van der Waals surface area contributed by atoms with Crippen LogP contribution in [0, 0.1) is 11.3 Å². The number of fused-ring (bicyclic) bond motifs is 2. The molecule has 2 N–H and O–H groups in total. The smallest absolute Gasteiger partial charge is 0.274 e. The van der Waals surface area contributed by atoms with Gasteiger partial charge >= 0.3 is 0 Å². The number of aromatic nitrogens is 2. The molecule has 1 fully saturated rings. The topological polar surface area (TPSA) is 93.7 Å². The van der Waals surface area contributed by atoms with Crippen LogP contribution in [-0.2, 0) is 13.0 Å². The van der Waals surface area contributed by atoms with Crippen LogP contribution in [0.1, 0.15) is 46.4 Å². The number of pyridine rings is 1. The zero-order chi connectivity index (χ0) is 21.6. The Balaban J connectivity index is 1.33. The molecule has 1 saturated heterocycles. The lowest BCUT2D eigenvalue weighted by Gasteiger charge is -2.48. The predicted molar refractivity (Wildman–Crippen MR) is 115 cm³/mol. The summed E-state index contributed by atoms with van der Waals surface area (Å²) >= 11 is 0. The summed E-state index contributed by atoms with van der Waals surface area (Å²) in [5, 5.41) is 23.7. The lowest BCUT2D eigenvalue weighted by atomic mass is 9.76. The monoisotopic (exact) mass is 415 g/mol.